The lowest BCUT2D eigenvalue weighted by molar-refractivity contribution is -0.126. The van der Waals surface area contributed by atoms with Gasteiger partial charge in [0, 0.05) is 39.0 Å². The molecule has 1 saturated carbocycles. The summed E-state index contributed by atoms with van der Waals surface area (Å²) < 4.78 is 0. The molecule has 5 rings (SSSR count). The largest absolute Gasteiger partial charge is 0.356 e. The number of carbonyl (C=O) groups is 3. The summed E-state index contributed by atoms with van der Waals surface area (Å²) in [6, 6.07) is 30.1. The number of likely N-dealkylation sites (tertiary alicyclic amines) is 1. The van der Waals surface area contributed by atoms with E-state index >= 15 is 0 Å². The molecule has 7 heteroatoms. The second-order valence-corrected chi connectivity index (χ2v) is 13.1. The Morgan fingerprint density at radius 3 is 1.78 bits per heavy atom. The highest BCUT2D eigenvalue weighted by Gasteiger charge is 2.38. The molecule has 2 fully saturated rings. The van der Waals surface area contributed by atoms with Crippen molar-refractivity contribution in [3.8, 4) is 0 Å². The molecule has 3 aromatic rings. The number of amides is 3. The molecule has 1 aliphatic heterocycles. The van der Waals surface area contributed by atoms with Crippen LogP contribution in [0.25, 0.3) is 0 Å². The Morgan fingerprint density at radius 2 is 1.20 bits per heavy atom. The zero-order valence-corrected chi connectivity index (χ0v) is 27.1. The molecule has 0 bridgehead atoms. The molecule has 1 heterocycles. The lowest BCUT2D eigenvalue weighted by Gasteiger charge is -2.36. The molecule has 0 aromatic heterocycles. The van der Waals surface area contributed by atoms with Crippen molar-refractivity contribution in [2.45, 2.75) is 63.2 Å². The summed E-state index contributed by atoms with van der Waals surface area (Å²) in [5, 5.41) is 8.71. The van der Waals surface area contributed by atoms with E-state index in [1.807, 2.05) is 91.0 Å². The fourth-order valence-electron chi connectivity index (χ4n) is 7.40. The van der Waals surface area contributed by atoms with Crippen LogP contribution in [0.15, 0.2) is 91.0 Å². The summed E-state index contributed by atoms with van der Waals surface area (Å²) in [6.45, 7) is 4.23. The molecule has 1 aliphatic carbocycles. The van der Waals surface area contributed by atoms with Gasteiger partial charge in [-0.05, 0) is 60.8 Å². The van der Waals surface area contributed by atoms with Crippen LogP contribution >= 0.6 is 0 Å². The summed E-state index contributed by atoms with van der Waals surface area (Å²) in [7, 11) is 0. The van der Waals surface area contributed by atoms with E-state index in [9.17, 15) is 14.4 Å². The van der Waals surface area contributed by atoms with Gasteiger partial charge < -0.3 is 20.9 Å². The van der Waals surface area contributed by atoms with Gasteiger partial charge in [-0.2, -0.15) is 0 Å². The number of hydrogen-bond acceptors (Lipinski definition) is 4. The van der Waals surface area contributed by atoms with Gasteiger partial charge in [0.25, 0.3) is 0 Å². The first kappa shape index (κ1) is 33.4. The van der Waals surface area contributed by atoms with Crippen LogP contribution in [0.4, 0.5) is 0 Å². The third kappa shape index (κ3) is 9.29. The van der Waals surface area contributed by atoms with Crippen LogP contribution in [-0.2, 0) is 19.8 Å². The van der Waals surface area contributed by atoms with E-state index in [4.69, 9.17) is 0 Å². The normalized spacial score (nSPS) is 17.6. The van der Waals surface area contributed by atoms with Crippen LogP contribution in [0.1, 0.15) is 74.5 Å². The summed E-state index contributed by atoms with van der Waals surface area (Å²) in [5.41, 5.74) is 2.28. The molecular formula is C39H50N4O3. The van der Waals surface area contributed by atoms with Crippen LogP contribution in [0.5, 0.6) is 0 Å². The number of rotatable bonds is 14. The van der Waals surface area contributed by atoms with Gasteiger partial charge in [-0.15, -0.1) is 0 Å². The Balaban J connectivity index is 1.07. The fraction of sp³-hybridized carbons (Fsp3) is 0.462. The maximum absolute atomic E-state index is 13.5. The van der Waals surface area contributed by atoms with Crippen molar-refractivity contribution in [3.63, 3.8) is 0 Å². The highest BCUT2D eigenvalue weighted by atomic mass is 16.2. The van der Waals surface area contributed by atoms with Crippen molar-refractivity contribution in [3.05, 3.63) is 108 Å². The second-order valence-electron chi connectivity index (χ2n) is 13.1. The molecule has 1 atom stereocenters. The van der Waals surface area contributed by atoms with Crippen molar-refractivity contribution in [2.75, 3.05) is 39.3 Å². The monoisotopic (exact) mass is 622 g/mol. The molecule has 46 heavy (non-hydrogen) atoms. The van der Waals surface area contributed by atoms with Gasteiger partial charge in [0.15, 0.2) is 0 Å². The van der Waals surface area contributed by atoms with Crippen LogP contribution in [-0.4, -0.2) is 61.9 Å². The van der Waals surface area contributed by atoms with Crippen molar-refractivity contribution in [1.29, 1.82) is 0 Å². The molecule has 3 N–H and O–H groups in total. The standard InChI is InChI=1S/C39H50N4O3/c44-36(41-27-32-16-13-25-43(30-32)29-31-14-5-1-6-15-31)23-24-40-38(46)28-42-37(45)26-39(33-17-7-2-8-18-33,34-19-9-3-10-20-34)35-21-11-4-12-22-35/h2-4,7-12,17-22,31-32H,1,5-6,13-16,23-30H2,(H,40,46)(H,41,44)(H,42,45)/t32-/m1/s1. The Hall–Kier alpha value is -3.97. The molecule has 1 saturated heterocycles. The van der Waals surface area contributed by atoms with E-state index in [2.05, 4.69) is 20.9 Å². The first-order valence-corrected chi connectivity index (χ1v) is 17.2. The van der Waals surface area contributed by atoms with Gasteiger partial charge in [-0.25, -0.2) is 0 Å². The van der Waals surface area contributed by atoms with E-state index in [1.165, 1.54) is 51.6 Å². The van der Waals surface area contributed by atoms with E-state index in [0.717, 1.165) is 35.6 Å². The van der Waals surface area contributed by atoms with Gasteiger partial charge in [0.05, 0.1) is 12.0 Å². The molecule has 2 aliphatic rings. The third-order valence-electron chi connectivity index (χ3n) is 9.78. The quantitative estimate of drug-likeness (QED) is 0.209. The maximum atomic E-state index is 13.5. The minimum atomic E-state index is -0.729. The summed E-state index contributed by atoms with van der Waals surface area (Å²) in [5.74, 6) is 0.744. The average molecular weight is 623 g/mol. The topological polar surface area (TPSA) is 90.5 Å². The van der Waals surface area contributed by atoms with Gasteiger partial charge >= 0.3 is 0 Å². The van der Waals surface area contributed by atoms with E-state index in [1.54, 1.807) is 0 Å². The van der Waals surface area contributed by atoms with Gasteiger partial charge in [0.1, 0.15) is 0 Å². The second kappa shape index (κ2) is 17.1. The lowest BCUT2D eigenvalue weighted by atomic mass is 9.67. The third-order valence-corrected chi connectivity index (χ3v) is 9.78. The van der Waals surface area contributed by atoms with Gasteiger partial charge in [-0.3, -0.25) is 14.4 Å². The SMILES string of the molecule is O=C(CCNC(=O)CNC(=O)CC(c1ccccc1)(c1ccccc1)c1ccccc1)NC[C@H]1CCCN(CC2CCCCC2)C1. The predicted molar refractivity (Wildman–Crippen MR) is 183 cm³/mol. The zero-order chi connectivity index (χ0) is 32.0. The lowest BCUT2D eigenvalue weighted by Crippen LogP contribution is -2.43. The van der Waals surface area contributed by atoms with Crippen LogP contribution in [0, 0.1) is 11.8 Å². The first-order valence-electron chi connectivity index (χ1n) is 17.2. The van der Waals surface area contributed by atoms with E-state index in [-0.39, 0.29) is 43.7 Å². The number of nitrogens with zero attached hydrogens (tertiary/aromatic N) is 1. The highest BCUT2D eigenvalue weighted by molar-refractivity contribution is 5.86. The number of carbonyl (C=O) groups excluding carboxylic acids is 3. The Bertz CT molecular complexity index is 1280. The van der Waals surface area contributed by atoms with Crippen molar-refractivity contribution in [1.82, 2.24) is 20.9 Å². The van der Waals surface area contributed by atoms with Crippen LogP contribution in [0.3, 0.4) is 0 Å². The van der Waals surface area contributed by atoms with Gasteiger partial charge in [-0.1, -0.05) is 110 Å². The molecular weight excluding hydrogens is 572 g/mol. The van der Waals surface area contributed by atoms with Crippen molar-refractivity contribution >= 4 is 17.7 Å². The van der Waals surface area contributed by atoms with Crippen LogP contribution in [0.2, 0.25) is 0 Å². The first-order chi connectivity index (χ1) is 22.5. The maximum Gasteiger partial charge on any atom is 0.239 e. The smallest absolute Gasteiger partial charge is 0.239 e. The number of hydrogen-bond donors (Lipinski definition) is 3. The minimum absolute atomic E-state index is 0.0490. The molecule has 3 amide bonds. The Kier molecular flexibility index (Phi) is 12.4. The van der Waals surface area contributed by atoms with Crippen molar-refractivity contribution in [2.24, 2.45) is 11.8 Å². The van der Waals surface area contributed by atoms with E-state index in [0.29, 0.717) is 12.5 Å². The van der Waals surface area contributed by atoms with Crippen LogP contribution < -0.4 is 16.0 Å². The molecule has 7 nitrogen and oxygen atoms in total. The predicted octanol–water partition coefficient (Wildman–Crippen LogP) is 5.44. The van der Waals surface area contributed by atoms with E-state index < -0.39 is 5.41 Å². The number of nitrogens with one attached hydrogen (secondary N) is 3. The zero-order valence-electron chi connectivity index (χ0n) is 27.1. The molecule has 0 spiro atoms. The average Bonchev–Trinajstić information content (AvgIpc) is 3.10. The summed E-state index contributed by atoms with van der Waals surface area (Å²) >= 11 is 0. The molecule has 0 unspecified atom stereocenters. The summed E-state index contributed by atoms with van der Waals surface area (Å²) in [4.78, 5) is 41.3. The van der Waals surface area contributed by atoms with Crippen molar-refractivity contribution < 1.29 is 14.4 Å². The summed E-state index contributed by atoms with van der Waals surface area (Å²) in [6.07, 6.45) is 9.57. The number of benzene rings is 3. The Morgan fingerprint density at radius 1 is 0.630 bits per heavy atom. The number of piperidine rings is 1. The fourth-order valence-corrected chi connectivity index (χ4v) is 7.40. The minimum Gasteiger partial charge on any atom is -0.356 e. The molecule has 244 valence electrons. The Labute approximate surface area is 274 Å². The van der Waals surface area contributed by atoms with Gasteiger partial charge in [0.2, 0.25) is 17.7 Å². The molecule has 3 aromatic carbocycles. The highest BCUT2D eigenvalue weighted by Crippen LogP contribution is 2.42. The molecule has 0 radical (unpaired) electrons.